The number of carbonyl (C=O) groups excluding carboxylic acids is 1. The lowest BCUT2D eigenvalue weighted by Gasteiger charge is -2.20. The Balaban J connectivity index is 2.57. The average Bonchev–Trinajstić information content (AvgIpc) is 2.19. The number of phenols is 1. The summed E-state index contributed by atoms with van der Waals surface area (Å²) in [7, 11) is -1.88. The second kappa shape index (κ2) is 5.33. The van der Waals surface area contributed by atoms with Gasteiger partial charge in [-0.3, -0.25) is 4.79 Å². The van der Waals surface area contributed by atoms with Crippen LogP contribution in [0, 0.1) is 0 Å². The molecule has 0 aliphatic carbocycles. The Kier molecular flexibility index (Phi) is 4.31. The second-order valence-corrected chi connectivity index (χ2v) is 9.44. The van der Waals surface area contributed by atoms with Crippen LogP contribution in [-0.4, -0.2) is 25.4 Å². The van der Waals surface area contributed by atoms with Gasteiger partial charge in [0.05, 0.1) is 0 Å². The highest BCUT2D eigenvalue weighted by molar-refractivity contribution is 6.71. The van der Waals surface area contributed by atoms with Gasteiger partial charge in [0.15, 0.2) is 0 Å². The van der Waals surface area contributed by atoms with Crippen LogP contribution >= 0.6 is 0 Å². The molecule has 3 N–H and O–H groups in total. The fraction of sp³-hybridized carbons (Fsp3) is 0.417. The highest BCUT2D eigenvalue weighted by Gasteiger charge is 2.24. The average molecular weight is 253 g/mol. The maximum absolute atomic E-state index is 11.7. The first-order chi connectivity index (χ1) is 7.78. The molecule has 1 atom stereocenters. The first-order valence-corrected chi connectivity index (χ1v) is 8.95. The second-order valence-electron chi connectivity index (χ2n) is 5.01. The van der Waals surface area contributed by atoms with Crippen LogP contribution in [0.1, 0.15) is 5.56 Å². The van der Waals surface area contributed by atoms with E-state index in [1.807, 2.05) is 19.6 Å². The fourth-order valence-electron chi connectivity index (χ4n) is 1.35. The Morgan fingerprint density at radius 2 is 1.88 bits per heavy atom. The molecule has 0 aliphatic rings. The zero-order valence-corrected chi connectivity index (χ0v) is 11.4. The lowest BCUT2D eigenvalue weighted by atomic mass is 10.1. The van der Waals surface area contributed by atoms with Crippen molar-refractivity contribution in [2.24, 2.45) is 5.73 Å². The van der Waals surface area contributed by atoms with E-state index >= 15 is 0 Å². The van der Waals surface area contributed by atoms with E-state index in [4.69, 9.17) is 15.3 Å². The first-order valence-electron chi connectivity index (χ1n) is 5.54. The zero-order chi connectivity index (χ0) is 13.1. The van der Waals surface area contributed by atoms with Crippen molar-refractivity contribution in [1.82, 2.24) is 0 Å². The summed E-state index contributed by atoms with van der Waals surface area (Å²) in [4.78, 5) is 11.7. The summed E-state index contributed by atoms with van der Waals surface area (Å²) in [5, 5.41) is 9.14. The van der Waals surface area contributed by atoms with E-state index in [1.165, 1.54) is 0 Å². The van der Waals surface area contributed by atoms with Gasteiger partial charge in [0, 0.05) is 0 Å². The summed E-state index contributed by atoms with van der Waals surface area (Å²) >= 11 is 0. The lowest BCUT2D eigenvalue weighted by Crippen LogP contribution is -2.40. The van der Waals surface area contributed by atoms with E-state index in [9.17, 15) is 4.79 Å². The van der Waals surface area contributed by atoms with Crippen LogP contribution in [0.3, 0.4) is 0 Å². The Labute approximate surface area is 103 Å². The summed E-state index contributed by atoms with van der Waals surface area (Å²) in [6.07, 6.45) is 0.420. The molecule has 0 unspecified atom stereocenters. The maximum atomic E-state index is 11.7. The smallest absolute Gasteiger partial charge is 0.309 e. The van der Waals surface area contributed by atoms with E-state index in [0.717, 1.165) is 5.56 Å². The van der Waals surface area contributed by atoms with Crippen LogP contribution in [0.4, 0.5) is 0 Å². The molecule has 1 aromatic rings. The molecule has 0 amide bonds. The van der Waals surface area contributed by atoms with Gasteiger partial charge < -0.3 is 15.3 Å². The SMILES string of the molecule is C[Si](C)(C)OC(=O)[C@@H](N)Cc1ccc(O)cc1. The van der Waals surface area contributed by atoms with Crippen LogP contribution in [0.5, 0.6) is 5.75 Å². The molecule has 17 heavy (non-hydrogen) atoms. The summed E-state index contributed by atoms with van der Waals surface area (Å²) in [5.41, 5.74) is 6.69. The topological polar surface area (TPSA) is 72.5 Å². The lowest BCUT2D eigenvalue weighted by molar-refractivity contribution is -0.136. The molecule has 0 saturated carbocycles. The molecule has 0 fully saturated rings. The van der Waals surface area contributed by atoms with E-state index in [0.29, 0.717) is 6.42 Å². The van der Waals surface area contributed by atoms with Crippen LogP contribution in [0.15, 0.2) is 24.3 Å². The third-order valence-corrected chi connectivity index (χ3v) is 2.92. The molecule has 1 rings (SSSR count). The molecule has 0 spiro atoms. The van der Waals surface area contributed by atoms with Crippen LogP contribution in [0.2, 0.25) is 19.6 Å². The van der Waals surface area contributed by atoms with E-state index in [-0.39, 0.29) is 11.7 Å². The van der Waals surface area contributed by atoms with Gasteiger partial charge in [0.1, 0.15) is 11.8 Å². The van der Waals surface area contributed by atoms with Crippen molar-refractivity contribution >= 4 is 14.3 Å². The number of hydrogen-bond donors (Lipinski definition) is 2. The minimum absolute atomic E-state index is 0.201. The van der Waals surface area contributed by atoms with Crippen molar-refractivity contribution in [3.05, 3.63) is 29.8 Å². The first kappa shape index (κ1) is 13.7. The molecular weight excluding hydrogens is 234 g/mol. The number of phenolic OH excluding ortho intramolecular Hbond substituents is 1. The number of hydrogen-bond acceptors (Lipinski definition) is 4. The van der Waals surface area contributed by atoms with E-state index in [1.54, 1.807) is 24.3 Å². The molecule has 0 bridgehead atoms. The Hall–Kier alpha value is -1.33. The van der Waals surface area contributed by atoms with Crippen molar-refractivity contribution < 1.29 is 14.3 Å². The molecule has 5 heteroatoms. The third kappa shape index (κ3) is 5.01. The Morgan fingerprint density at radius 1 is 1.35 bits per heavy atom. The molecule has 0 radical (unpaired) electrons. The van der Waals surface area contributed by atoms with Gasteiger partial charge in [-0.15, -0.1) is 0 Å². The number of carbonyl (C=O) groups is 1. The van der Waals surface area contributed by atoms with Gasteiger partial charge in [0.2, 0.25) is 8.32 Å². The summed E-state index contributed by atoms with van der Waals surface area (Å²) in [6.45, 7) is 5.83. The number of aromatic hydroxyl groups is 1. The van der Waals surface area contributed by atoms with Crippen molar-refractivity contribution in [2.75, 3.05) is 0 Å². The van der Waals surface area contributed by atoms with Gasteiger partial charge in [-0.25, -0.2) is 0 Å². The molecule has 4 nitrogen and oxygen atoms in total. The largest absolute Gasteiger partial charge is 0.519 e. The molecule has 0 heterocycles. The van der Waals surface area contributed by atoms with Gasteiger partial charge in [-0.2, -0.15) is 0 Å². The molecular formula is C12H19NO3Si. The maximum Gasteiger partial charge on any atom is 0.309 e. The molecule has 1 aromatic carbocycles. The van der Waals surface area contributed by atoms with Crippen LogP contribution in [0.25, 0.3) is 0 Å². The number of benzene rings is 1. The Morgan fingerprint density at radius 3 is 2.35 bits per heavy atom. The van der Waals surface area contributed by atoms with Crippen molar-refractivity contribution in [1.29, 1.82) is 0 Å². The molecule has 0 aliphatic heterocycles. The standard InChI is InChI=1S/C12H19NO3Si/c1-17(2,3)16-12(15)11(13)8-9-4-6-10(14)7-5-9/h4-7,11,14H,8,13H2,1-3H3/t11-/m0/s1. The Bertz CT molecular complexity index is 384. The van der Waals surface area contributed by atoms with Gasteiger partial charge in [-0.1, -0.05) is 12.1 Å². The molecule has 0 aromatic heterocycles. The minimum atomic E-state index is -1.88. The van der Waals surface area contributed by atoms with Crippen molar-refractivity contribution in [2.45, 2.75) is 32.1 Å². The van der Waals surface area contributed by atoms with Crippen LogP contribution in [-0.2, 0) is 15.6 Å². The highest BCUT2D eigenvalue weighted by atomic mass is 28.4. The van der Waals surface area contributed by atoms with Crippen molar-refractivity contribution in [3.8, 4) is 5.75 Å². The van der Waals surface area contributed by atoms with E-state index < -0.39 is 14.4 Å². The summed E-state index contributed by atoms with van der Waals surface area (Å²) < 4.78 is 5.32. The summed E-state index contributed by atoms with van der Waals surface area (Å²) in [6, 6.07) is 6.00. The quantitative estimate of drug-likeness (QED) is 0.800. The third-order valence-electron chi connectivity index (χ3n) is 2.10. The van der Waals surface area contributed by atoms with Gasteiger partial charge >= 0.3 is 5.97 Å². The van der Waals surface area contributed by atoms with E-state index in [2.05, 4.69) is 0 Å². The van der Waals surface area contributed by atoms with Crippen LogP contribution < -0.4 is 5.73 Å². The van der Waals surface area contributed by atoms with Gasteiger partial charge in [0.25, 0.3) is 0 Å². The number of nitrogens with two attached hydrogens (primary N) is 1. The van der Waals surface area contributed by atoms with Crippen molar-refractivity contribution in [3.63, 3.8) is 0 Å². The molecule has 94 valence electrons. The molecule has 0 saturated heterocycles. The fourth-order valence-corrected chi connectivity index (χ4v) is 2.10. The normalized spacial score (nSPS) is 13.2. The number of rotatable bonds is 4. The predicted molar refractivity (Wildman–Crippen MR) is 69.2 cm³/mol. The zero-order valence-electron chi connectivity index (χ0n) is 10.4. The minimum Gasteiger partial charge on any atom is -0.519 e. The predicted octanol–water partition coefficient (Wildman–Crippen LogP) is 1.64. The van der Waals surface area contributed by atoms with Gasteiger partial charge in [-0.05, 0) is 43.8 Å². The summed E-state index contributed by atoms with van der Waals surface area (Å²) in [5.74, 6) is -0.149. The highest BCUT2D eigenvalue weighted by Crippen LogP contribution is 2.12. The monoisotopic (exact) mass is 253 g/mol.